The SMILES string of the molecule is C1CCNC(=NC2C3CC4CC(C3)CC2C4)CC1. The molecule has 0 unspecified atom stereocenters. The molecule has 2 nitrogen and oxygen atoms in total. The minimum absolute atomic E-state index is 0.693. The number of hydrogen-bond donors (Lipinski definition) is 1. The second-order valence-corrected chi connectivity index (χ2v) is 7.23. The third-order valence-corrected chi connectivity index (χ3v) is 5.90. The van der Waals surface area contributed by atoms with Crippen molar-refractivity contribution in [3.8, 4) is 0 Å². The molecule has 2 heteroatoms. The van der Waals surface area contributed by atoms with Gasteiger partial charge in [0, 0.05) is 13.0 Å². The highest BCUT2D eigenvalue weighted by Gasteiger charge is 2.48. The molecule has 4 aliphatic carbocycles. The minimum atomic E-state index is 0.693. The van der Waals surface area contributed by atoms with Gasteiger partial charge in [0.15, 0.2) is 0 Å². The Labute approximate surface area is 111 Å². The zero-order valence-electron chi connectivity index (χ0n) is 11.4. The van der Waals surface area contributed by atoms with Gasteiger partial charge in [0.1, 0.15) is 0 Å². The molecular weight excluding hydrogens is 220 g/mol. The number of rotatable bonds is 1. The van der Waals surface area contributed by atoms with Crippen molar-refractivity contribution in [1.82, 2.24) is 5.32 Å². The third kappa shape index (κ3) is 1.98. The molecule has 100 valence electrons. The van der Waals surface area contributed by atoms with E-state index in [1.807, 2.05) is 0 Å². The minimum Gasteiger partial charge on any atom is -0.374 e. The summed E-state index contributed by atoms with van der Waals surface area (Å²) in [7, 11) is 0. The van der Waals surface area contributed by atoms with Crippen LogP contribution in [0, 0.1) is 23.7 Å². The van der Waals surface area contributed by atoms with Crippen molar-refractivity contribution >= 4 is 5.84 Å². The van der Waals surface area contributed by atoms with Crippen LogP contribution in [0.3, 0.4) is 0 Å². The van der Waals surface area contributed by atoms with Gasteiger partial charge in [-0.3, -0.25) is 4.99 Å². The van der Waals surface area contributed by atoms with Crippen molar-refractivity contribution in [2.24, 2.45) is 28.7 Å². The molecule has 0 aromatic carbocycles. The van der Waals surface area contributed by atoms with Crippen LogP contribution in [0.15, 0.2) is 4.99 Å². The summed E-state index contributed by atoms with van der Waals surface area (Å²) in [5.74, 6) is 5.39. The molecule has 18 heavy (non-hydrogen) atoms. The highest BCUT2D eigenvalue weighted by atomic mass is 15.0. The lowest BCUT2D eigenvalue weighted by Crippen LogP contribution is -2.48. The fourth-order valence-electron chi connectivity index (χ4n) is 5.31. The van der Waals surface area contributed by atoms with Gasteiger partial charge in [-0.25, -0.2) is 0 Å². The molecule has 4 saturated carbocycles. The molecule has 0 amide bonds. The highest BCUT2D eigenvalue weighted by Crippen LogP contribution is 2.54. The van der Waals surface area contributed by atoms with Crippen molar-refractivity contribution in [3.05, 3.63) is 0 Å². The van der Waals surface area contributed by atoms with E-state index in [4.69, 9.17) is 4.99 Å². The first-order valence-corrected chi connectivity index (χ1v) is 8.19. The second-order valence-electron chi connectivity index (χ2n) is 7.23. The molecule has 0 radical (unpaired) electrons. The van der Waals surface area contributed by atoms with Gasteiger partial charge in [0.2, 0.25) is 0 Å². The fraction of sp³-hybridized carbons (Fsp3) is 0.938. The van der Waals surface area contributed by atoms with Crippen LogP contribution in [-0.4, -0.2) is 18.4 Å². The van der Waals surface area contributed by atoms with E-state index in [-0.39, 0.29) is 0 Å². The van der Waals surface area contributed by atoms with Crippen molar-refractivity contribution in [3.63, 3.8) is 0 Å². The molecule has 1 saturated heterocycles. The van der Waals surface area contributed by atoms with Crippen LogP contribution in [0.1, 0.15) is 57.8 Å². The first-order chi connectivity index (χ1) is 8.88. The largest absolute Gasteiger partial charge is 0.374 e. The fourth-order valence-corrected chi connectivity index (χ4v) is 5.31. The number of aliphatic imine (C=N–C) groups is 1. The lowest BCUT2D eigenvalue weighted by Gasteiger charge is -2.53. The first-order valence-electron chi connectivity index (χ1n) is 8.19. The first kappa shape index (κ1) is 11.3. The van der Waals surface area contributed by atoms with Gasteiger partial charge >= 0.3 is 0 Å². The van der Waals surface area contributed by atoms with Crippen LogP contribution in [-0.2, 0) is 0 Å². The second kappa shape index (κ2) is 4.54. The Hall–Kier alpha value is -0.530. The lowest BCUT2D eigenvalue weighted by atomic mass is 9.54. The molecule has 1 N–H and O–H groups in total. The van der Waals surface area contributed by atoms with Gasteiger partial charge in [-0.2, -0.15) is 0 Å². The average Bonchev–Trinajstić information content (AvgIpc) is 2.61. The van der Waals surface area contributed by atoms with Gasteiger partial charge in [-0.1, -0.05) is 6.42 Å². The third-order valence-electron chi connectivity index (χ3n) is 5.90. The molecular formula is C16H26N2. The van der Waals surface area contributed by atoms with Crippen molar-refractivity contribution in [1.29, 1.82) is 0 Å². The molecule has 0 atom stereocenters. The summed E-state index contributed by atoms with van der Waals surface area (Å²) in [5.41, 5.74) is 0. The van der Waals surface area contributed by atoms with E-state index in [2.05, 4.69) is 5.32 Å². The zero-order chi connectivity index (χ0) is 11.9. The van der Waals surface area contributed by atoms with Crippen molar-refractivity contribution in [2.75, 3.05) is 6.54 Å². The summed E-state index contributed by atoms with van der Waals surface area (Å²) in [6, 6.07) is 0.693. The normalized spacial score (nSPS) is 49.1. The summed E-state index contributed by atoms with van der Waals surface area (Å²) >= 11 is 0. The summed E-state index contributed by atoms with van der Waals surface area (Å²) in [6.45, 7) is 1.16. The zero-order valence-corrected chi connectivity index (χ0v) is 11.4. The maximum absolute atomic E-state index is 5.20. The van der Waals surface area contributed by atoms with Gasteiger partial charge < -0.3 is 5.32 Å². The molecule has 4 bridgehead atoms. The van der Waals surface area contributed by atoms with E-state index in [0.29, 0.717) is 6.04 Å². The number of hydrogen-bond acceptors (Lipinski definition) is 1. The molecule has 1 aliphatic heterocycles. The van der Waals surface area contributed by atoms with Crippen LogP contribution >= 0.6 is 0 Å². The number of amidine groups is 1. The maximum Gasteiger partial charge on any atom is 0.0966 e. The van der Waals surface area contributed by atoms with Crippen LogP contribution in [0.25, 0.3) is 0 Å². The molecule has 0 spiro atoms. The Kier molecular flexibility index (Phi) is 2.85. The Bertz CT molecular complexity index is 309. The van der Waals surface area contributed by atoms with Crippen LogP contribution in [0.4, 0.5) is 0 Å². The number of nitrogens with one attached hydrogen (secondary N) is 1. The monoisotopic (exact) mass is 246 g/mol. The Balaban J connectivity index is 1.52. The lowest BCUT2D eigenvalue weighted by molar-refractivity contribution is 0.00110. The average molecular weight is 246 g/mol. The Morgan fingerprint density at radius 3 is 2.28 bits per heavy atom. The van der Waals surface area contributed by atoms with Crippen molar-refractivity contribution in [2.45, 2.75) is 63.8 Å². The summed E-state index contributed by atoms with van der Waals surface area (Å²) in [4.78, 5) is 5.20. The molecule has 5 fully saturated rings. The highest BCUT2D eigenvalue weighted by molar-refractivity contribution is 5.82. The van der Waals surface area contributed by atoms with Gasteiger partial charge in [-0.05, 0) is 68.6 Å². The van der Waals surface area contributed by atoms with E-state index < -0.39 is 0 Å². The molecule has 5 aliphatic rings. The summed E-state index contributed by atoms with van der Waals surface area (Å²) in [5, 5.41) is 3.59. The van der Waals surface area contributed by atoms with Crippen molar-refractivity contribution < 1.29 is 0 Å². The Morgan fingerprint density at radius 2 is 1.56 bits per heavy atom. The van der Waals surface area contributed by atoms with E-state index in [9.17, 15) is 0 Å². The van der Waals surface area contributed by atoms with Crippen LogP contribution in [0.5, 0.6) is 0 Å². The number of nitrogens with zero attached hydrogens (tertiary/aromatic N) is 1. The van der Waals surface area contributed by atoms with E-state index >= 15 is 0 Å². The van der Waals surface area contributed by atoms with Gasteiger partial charge in [0.25, 0.3) is 0 Å². The predicted octanol–water partition coefficient (Wildman–Crippen LogP) is 3.37. The van der Waals surface area contributed by atoms with Gasteiger partial charge in [-0.15, -0.1) is 0 Å². The van der Waals surface area contributed by atoms with Gasteiger partial charge in [0.05, 0.1) is 11.9 Å². The summed E-state index contributed by atoms with van der Waals surface area (Å²) < 4.78 is 0. The summed E-state index contributed by atoms with van der Waals surface area (Å²) in [6.07, 6.45) is 12.8. The van der Waals surface area contributed by atoms with E-state index in [1.54, 1.807) is 6.42 Å². The smallest absolute Gasteiger partial charge is 0.0966 e. The maximum atomic E-state index is 5.20. The molecule has 0 aromatic heterocycles. The van der Waals surface area contributed by atoms with Crippen LogP contribution in [0.2, 0.25) is 0 Å². The van der Waals surface area contributed by atoms with E-state index in [0.717, 1.165) is 30.2 Å². The standard InChI is InChI=1S/C16H26N2/c1-2-4-15(17-5-3-1)18-16-13-7-11-6-12(9-13)10-14(16)8-11/h11-14,16H,1-10H2,(H,17,18). The van der Waals surface area contributed by atoms with E-state index in [1.165, 1.54) is 57.2 Å². The Morgan fingerprint density at radius 1 is 0.833 bits per heavy atom. The quantitative estimate of drug-likeness (QED) is 0.753. The molecule has 0 aromatic rings. The topological polar surface area (TPSA) is 24.4 Å². The molecule has 1 heterocycles. The van der Waals surface area contributed by atoms with Crippen LogP contribution < -0.4 is 5.32 Å². The molecule has 5 rings (SSSR count). The predicted molar refractivity (Wildman–Crippen MR) is 74.7 cm³/mol.